The van der Waals surface area contributed by atoms with E-state index < -0.39 is 12.0 Å². The van der Waals surface area contributed by atoms with Crippen molar-refractivity contribution in [1.29, 1.82) is 0 Å². The van der Waals surface area contributed by atoms with Crippen LogP contribution in [0.2, 0.25) is 5.02 Å². The second-order valence-electron chi connectivity index (χ2n) is 3.84. The van der Waals surface area contributed by atoms with Crippen LogP contribution in [0.1, 0.15) is 6.92 Å². The van der Waals surface area contributed by atoms with Crippen molar-refractivity contribution < 1.29 is 19.4 Å². The van der Waals surface area contributed by atoms with Crippen LogP contribution < -0.4 is 15.4 Å². The first-order chi connectivity index (χ1) is 8.93. The van der Waals surface area contributed by atoms with E-state index in [0.717, 1.165) is 0 Å². The first-order valence-corrected chi connectivity index (χ1v) is 5.91. The summed E-state index contributed by atoms with van der Waals surface area (Å²) in [5.41, 5.74) is 0.514. The van der Waals surface area contributed by atoms with Crippen molar-refractivity contribution in [1.82, 2.24) is 5.32 Å². The average Bonchev–Trinajstić information content (AvgIpc) is 2.36. The molecule has 0 aliphatic heterocycles. The van der Waals surface area contributed by atoms with Crippen molar-refractivity contribution in [2.45, 2.75) is 13.0 Å². The predicted molar refractivity (Wildman–Crippen MR) is 71.7 cm³/mol. The third-order valence-electron chi connectivity index (χ3n) is 2.37. The van der Waals surface area contributed by atoms with Crippen molar-refractivity contribution in [3.63, 3.8) is 0 Å². The van der Waals surface area contributed by atoms with Crippen LogP contribution >= 0.6 is 11.6 Å². The van der Waals surface area contributed by atoms with Gasteiger partial charge in [-0.3, -0.25) is 14.9 Å². The smallest absolute Gasteiger partial charge is 0.320 e. The quantitative estimate of drug-likeness (QED) is 0.735. The lowest BCUT2D eigenvalue weighted by Gasteiger charge is -2.10. The van der Waals surface area contributed by atoms with E-state index in [9.17, 15) is 9.59 Å². The third-order valence-corrected chi connectivity index (χ3v) is 2.67. The number of rotatable bonds is 6. The van der Waals surface area contributed by atoms with Crippen LogP contribution in [0.15, 0.2) is 18.2 Å². The molecule has 104 valence electrons. The molecule has 0 aliphatic carbocycles. The number of hydrogen-bond acceptors (Lipinski definition) is 4. The Balaban J connectivity index is 2.53. The summed E-state index contributed by atoms with van der Waals surface area (Å²) in [7, 11) is 1.50. The zero-order chi connectivity index (χ0) is 14.4. The van der Waals surface area contributed by atoms with Gasteiger partial charge in [0.05, 0.1) is 18.7 Å². The molecule has 0 unspecified atom stereocenters. The minimum absolute atomic E-state index is 0.100. The Labute approximate surface area is 115 Å². The number of carbonyl (C=O) groups is 2. The van der Waals surface area contributed by atoms with Crippen molar-refractivity contribution in [3.8, 4) is 5.75 Å². The highest BCUT2D eigenvalue weighted by Crippen LogP contribution is 2.26. The first kappa shape index (κ1) is 15.3. The highest BCUT2D eigenvalue weighted by molar-refractivity contribution is 6.32. The molecule has 0 fully saturated rings. The van der Waals surface area contributed by atoms with Gasteiger partial charge in [-0.25, -0.2) is 0 Å². The Morgan fingerprint density at radius 2 is 2.16 bits per heavy atom. The van der Waals surface area contributed by atoms with Crippen molar-refractivity contribution >= 4 is 29.2 Å². The highest BCUT2D eigenvalue weighted by Gasteiger charge is 2.12. The molecule has 7 heteroatoms. The molecule has 0 aliphatic rings. The Morgan fingerprint density at radius 3 is 2.68 bits per heavy atom. The van der Waals surface area contributed by atoms with Crippen molar-refractivity contribution in [2.24, 2.45) is 0 Å². The molecule has 0 bridgehead atoms. The number of amides is 1. The second kappa shape index (κ2) is 6.96. The zero-order valence-electron chi connectivity index (χ0n) is 10.6. The molecule has 0 saturated carbocycles. The number of anilines is 1. The lowest BCUT2D eigenvalue weighted by Crippen LogP contribution is -2.39. The fraction of sp³-hybridized carbons (Fsp3) is 0.333. The standard InChI is InChI=1S/C12H15ClN2O4/c1-7(12(17)18)14-6-11(16)15-8-3-4-10(19-2)9(13)5-8/h3-5,7,14H,6H2,1-2H3,(H,15,16)(H,17,18)/t7-/m1/s1. The number of methoxy groups -OCH3 is 1. The van der Waals surface area contributed by atoms with E-state index in [-0.39, 0.29) is 12.5 Å². The summed E-state index contributed by atoms with van der Waals surface area (Å²) in [6, 6.07) is 4.04. The van der Waals surface area contributed by atoms with E-state index in [1.54, 1.807) is 18.2 Å². The SMILES string of the molecule is COc1ccc(NC(=O)CN[C@H](C)C(=O)O)cc1Cl. The molecule has 0 heterocycles. The monoisotopic (exact) mass is 286 g/mol. The lowest BCUT2D eigenvalue weighted by atomic mass is 10.3. The van der Waals surface area contributed by atoms with E-state index in [0.29, 0.717) is 16.5 Å². The van der Waals surface area contributed by atoms with Crippen LogP contribution in [0.5, 0.6) is 5.75 Å². The summed E-state index contributed by atoms with van der Waals surface area (Å²) in [6.07, 6.45) is 0. The zero-order valence-corrected chi connectivity index (χ0v) is 11.3. The van der Waals surface area contributed by atoms with Crippen LogP contribution in [0.4, 0.5) is 5.69 Å². The summed E-state index contributed by atoms with van der Waals surface area (Å²) in [4.78, 5) is 22.1. The molecule has 0 aromatic heterocycles. The van der Waals surface area contributed by atoms with Gasteiger partial charge in [-0.1, -0.05) is 11.6 Å². The molecule has 1 rings (SSSR count). The average molecular weight is 287 g/mol. The Bertz CT molecular complexity index is 479. The minimum atomic E-state index is -1.01. The maximum atomic E-state index is 11.6. The fourth-order valence-electron chi connectivity index (χ4n) is 1.28. The van der Waals surface area contributed by atoms with E-state index in [1.165, 1.54) is 14.0 Å². The van der Waals surface area contributed by atoms with E-state index >= 15 is 0 Å². The number of ether oxygens (including phenoxy) is 1. The van der Waals surface area contributed by atoms with Gasteiger partial charge in [0.1, 0.15) is 11.8 Å². The summed E-state index contributed by atoms with van der Waals surface area (Å²) >= 11 is 5.91. The Hall–Kier alpha value is -1.79. The summed E-state index contributed by atoms with van der Waals surface area (Å²) in [6.45, 7) is 1.36. The normalized spacial score (nSPS) is 11.7. The maximum absolute atomic E-state index is 11.6. The van der Waals surface area contributed by atoms with Crippen LogP contribution in [0, 0.1) is 0 Å². The minimum Gasteiger partial charge on any atom is -0.495 e. The number of halogens is 1. The molecule has 0 saturated heterocycles. The number of aliphatic carboxylic acids is 1. The molecule has 3 N–H and O–H groups in total. The summed E-state index contributed by atoms with van der Waals surface area (Å²) in [5, 5.41) is 14.2. The third kappa shape index (κ3) is 4.76. The second-order valence-corrected chi connectivity index (χ2v) is 4.25. The first-order valence-electron chi connectivity index (χ1n) is 5.53. The molecule has 0 radical (unpaired) electrons. The van der Waals surface area contributed by atoms with E-state index in [2.05, 4.69) is 10.6 Å². The van der Waals surface area contributed by atoms with Gasteiger partial charge in [0.25, 0.3) is 0 Å². The van der Waals surface area contributed by atoms with Gasteiger partial charge < -0.3 is 15.2 Å². The molecule has 1 aromatic rings. The Morgan fingerprint density at radius 1 is 1.47 bits per heavy atom. The number of benzene rings is 1. The number of carbonyl (C=O) groups excluding carboxylic acids is 1. The van der Waals surface area contributed by atoms with Gasteiger partial charge in [-0.2, -0.15) is 0 Å². The number of carboxylic acid groups (broad SMARTS) is 1. The van der Waals surface area contributed by atoms with Crippen LogP contribution in [-0.2, 0) is 9.59 Å². The topological polar surface area (TPSA) is 87.7 Å². The van der Waals surface area contributed by atoms with E-state index in [4.69, 9.17) is 21.4 Å². The molecule has 6 nitrogen and oxygen atoms in total. The molecule has 1 amide bonds. The molecule has 1 atom stereocenters. The molecule has 0 spiro atoms. The summed E-state index contributed by atoms with van der Waals surface area (Å²) in [5.74, 6) is -0.855. The van der Waals surface area contributed by atoms with Crippen LogP contribution in [-0.4, -0.2) is 36.7 Å². The van der Waals surface area contributed by atoms with Gasteiger partial charge in [0, 0.05) is 5.69 Å². The Kier molecular flexibility index (Phi) is 5.59. The van der Waals surface area contributed by atoms with E-state index in [1.807, 2.05) is 0 Å². The summed E-state index contributed by atoms with van der Waals surface area (Å²) < 4.78 is 4.99. The van der Waals surface area contributed by atoms with Gasteiger partial charge in [-0.15, -0.1) is 0 Å². The highest BCUT2D eigenvalue weighted by atomic mass is 35.5. The van der Waals surface area contributed by atoms with Crippen molar-refractivity contribution in [3.05, 3.63) is 23.2 Å². The largest absolute Gasteiger partial charge is 0.495 e. The molecular weight excluding hydrogens is 272 g/mol. The van der Waals surface area contributed by atoms with Gasteiger partial charge >= 0.3 is 5.97 Å². The molecule has 19 heavy (non-hydrogen) atoms. The maximum Gasteiger partial charge on any atom is 0.320 e. The van der Waals surface area contributed by atoms with Gasteiger partial charge in [0.15, 0.2) is 0 Å². The van der Waals surface area contributed by atoms with Gasteiger partial charge in [-0.05, 0) is 25.1 Å². The fourth-order valence-corrected chi connectivity index (χ4v) is 1.54. The van der Waals surface area contributed by atoms with Crippen LogP contribution in [0.3, 0.4) is 0 Å². The van der Waals surface area contributed by atoms with Gasteiger partial charge in [0.2, 0.25) is 5.91 Å². The molecule has 1 aromatic carbocycles. The molecular formula is C12H15ClN2O4. The predicted octanol–water partition coefficient (Wildman–Crippen LogP) is 1.35. The number of hydrogen-bond donors (Lipinski definition) is 3. The van der Waals surface area contributed by atoms with Crippen molar-refractivity contribution in [2.75, 3.05) is 19.0 Å². The lowest BCUT2D eigenvalue weighted by molar-refractivity contribution is -0.139. The van der Waals surface area contributed by atoms with Crippen LogP contribution in [0.25, 0.3) is 0 Å². The number of nitrogens with one attached hydrogen (secondary N) is 2. The number of carboxylic acids is 1.